The molecule has 1 saturated carbocycles. The fraction of sp³-hybridized carbons (Fsp3) is 0.333. The molecule has 2 amide bonds. The van der Waals surface area contributed by atoms with Crippen LogP contribution in [-0.4, -0.2) is 39.3 Å². The average Bonchev–Trinajstić information content (AvgIpc) is 3.18. The van der Waals surface area contributed by atoms with Crippen LogP contribution in [0.4, 0.5) is 4.39 Å². The number of aromatic amines is 1. The van der Waals surface area contributed by atoms with Gasteiger partial charge in [-0.3, -0.25) is 14.6 Å². The number of aromatic nitrogens is 2. The Bertz CT molecular complexity index is 1260. The van der Waals surface area contributed by atoms with Crippen LogP contribution in [0.2, 0.25) is 0 Å². The van der Waals surface area contributed by atoms with Gasteiger partial charge in [-0.1, -0.05) is 32.0 Å². The number of carbonyl (C=O) groups is 2. The third kappa shape index (κ3) is 3.04. The number of rotatable bonds is 4. The minimum atomic E-state index is -0.865. The van der Waals surface area contributed by atoms with Crippen LogP contribution < -0.4 is 5.32 Å². The van der Waals surface area contributed by atoms with Gasteiger partial charge in [0.15, 0.2) is 0 Å². The van der Waals surface area contributed by atoms with E-state index in [1.54, 1.807) is 41.4 Å². The van der Waals surface area contributed by atoms with Crippen molar-refractivity contribution in [2.75, 3.05) is 6.54 Å². The van der Waals surface area contributed by atoms with Gasteiger partial charge in [0.25, 0.3) is 5.91 Å². The molecule has 162 valence electrons. The molecule has 4 atom stereocenters. The number of hydrogen-bond donors (Lipinski definition) is 2. The highest BCUT2D eigenvalue weighted by Crippen LogP contribution is 2.65. The summed E-state index contributed by atoms with van der Waals surface area (Å²) in [7, 11) is 0. The maximum absolute atomic E-state index is 14.1. The van der Waals surface area contributed by atoms with E-state index < -0.39 is 17.9 Å². The minimum Gasteiger partial charge on any atom is -0.348 e. The van der Waals surface area contributed by atoms with Crippen molar-refractivity contribution in [3.63, 3.8) is 0 Å². The Kier molecular flexibility index (Phi) is 4.52. The summed E-state index contributed by atoms with van der Waals surface area (Å²) in [5.74, 6) is -0.953. The number of pyridine rings is 1. The highest BCUT2D eigenvalue weighted by atomic mass is 19.1. The molecule has 5 rings (SSSR count). The zero-order chi connectivity index (χ0) is 22.6. The topological polar surface area (TPSA) is 102 Å². The van der Waals surface area contributed by atoms with Crippen LogP contribution in [0.5, 0.6) is 0 Å². The molecule has 3 heterocycles. The number of piperidine rings is 1. The van der Waals surface area contributed by atoms with Crippen LogP contribution in [0.3, 0.4) is 0 Å². The van der Waals surface area contributed by atoms with Crippen molar-refractivity contribution in [2.24, 2.45) is 17.3 Å². The first-order valence-corrected chi connectivity index (χ1v) is 10.5. The monoisotopic (exact) mass is 431 g/mol. The molecule has 1 aliphatic carbocycles. The Labute approximate surface area is 184 Å². The summed E-state index contributed by atoms with van der Waals surface area (Å²) in [5, 5.41) is 13.0. The first kappa shape index (κ1) is 20.2. The lowest BCUT2D eigenvalue weighted by Gasteiger charge is -2.30. The van der Waals surface area contributed by atoms with Gasteiger partial charge in [0, 0.05) is 29.9 Å². The Morgan fingerprint density at radius 1 is 1.34 bits per heavy atom. The molecule has 8 heteroatoms. The quantitative estimate of drug-likeness (QED) is 0.662. The van der Waals surface area contributed by atoms with E-state index in [1.807, 2.05) is 0 Å². The molecule has 2 aromatic heterocycles. The van der Waals surface area contributed by atoms with Crippen molar-refractivity contribution in [2.45, 2.75) is 25.9 Å². The standard InChI is InChI=1S/C24H22FN5O2/c1-24(2)15-12-30(23(32)17-9-13-5-3-7-16(25)20(13)28-17)21(19(15)24)22(31)29-18(10-26)14-6-4-8-27-11-14/h3-9,11,15,18-19,21,28H,12H2,1-2H3,(H,29,31). The van der Waals surface area contributed by atoms with Crippen LogP contribution in [0.1, 0.15) is 35.9 Å². The molecule has 0 spiro atoms. The molecule has 2 fully saturated rings. The van der Waals surface area contributed by atoms with E-state index in [1.165, 1.54) is 12.3 Å². The van der Waals surface area contributed by atoms with Gasteiger partial charge in [0.05, 0.1) is 11.6 Å². The molecule has 1 aliphatic heterocycles. The Morgan fingerprint density at radius 2 is 2.16 bits per heavy atom. The van der Waals surface area contributed by atoms with E-state index >= 15 is 0 Å². The normalized spacial score (nSPS) is 23.9. The van der Waals surface area contributed by atoms with E-state index in [9.17, 15) is 19.2 Å². The first-order chi connectivity index (χ1) is 15.3. The predicted molar refractivity (Wildman–Crippen MR) is 115 cm³/mol. The zero-order valence-electron chi connectivity index (χ0n) is 17.7. The van der Waals surface area contributed by atoms with Crippen LogP contribution in [-0.2, 0) is 4.79 Å². The second-order valence-electron chi connectivity index (χ2n) is 9.10. The number of H-pyrrole nitrogens is 1. The van der Waals surface area contributed by atoms with Gasteiger partial charge in [-0.2, -0.15) is 5.26 Å². The number of likely N-dealkylation sites (tertiary alicyclic amines) is 1. The van der Waals surface area contributed by atoms with Gasteiger partial charge in [-0.25, -0.2) is 4.39 Å². The summed E-state index contributed by atoms with van der Waals surface area (Å²) >= 11 is 0. The van der Waals surface area contributed by atoms with Gasteiger partial charge in [-0.15, -0.1) is 0 Å². The molecular formula is C24H22FN5O2. The predicted octanol–water partition coefficient (Wildman–Crippen LogP) is 3.18. The molecule has 32 heavy (non-hydrogen) atoms. The third-order valence-electron chi connectivity index (χ3n) is 7.01. The number of benzene rings is 1. The number of carbonyl (C=O) groups excluding carboxylic acids is 2. The summed E-state index contributed by atoms with van der Waals surface area (Å²) in [6, 6.07) is 10.2. The van der Waals surface area contributed by atoms with Crippen LogP contribution in [0.15, 0.2) is 48.8 Å². The van der Waals surface area contributed by atoms with Gasteiger partial charge in [-0.05, 0) is 35.4 Å². The number of halogens is 1. The fourth-order valence-corrected chi connectivity index (χ4v) is 5.15. The SMILES string of the molecule is CC1(C)C2CN(C(=O)c3cc4cccc(F)c4[nH]3)C(C(=O)NC(C#N)c3cccnc3)C21. The molecule has 3 aromatic rings. The van der Waals surface area contributed by atoms with E-state index in [0.717, 1.165) is 0 Å². The molecule has 1 saturated heterocycles. The second kappa shape index (κ2) is 7.16. The van der Waals surface area contributed by atoms with Gasteiger partial charge < -0.3 is 15.2 Å². The van der Waals surface area contributed by atoms with Crippen molar-refractivity contribution < 1.29 is 14.0 Å². The summed E-state index contributed by atoms with van der Waals surface area (Å²) in [5.41, 5.74) is 1.02. The molecule has 0 radical (unpaired) electrons. The van der Waals surface area contributed by atoms with E-state index in [2.05, 4.69) is 35.2 Å². The molecule has 0 bridgehead atoms. The van der Waals surface area contributed by atoms with Gasteiger partial charge in [0.1, 0.15) is 23.6 Å². The van der Waals surface area contributed by atoms with Crippen LogP contribution in [0.25, 0.3) is 10.9 Å². The number of nitrogens with one attached hydrogen (secondary N) is 2. The third-order valence-corrected chi connectivity index (χ3v) is 7.01. The number of amides is 2. The minimum absolute atomic E-state index is 0.000746. The molecule has 1 aromatic carbocycles. The number of nitrogens with zero attached hydrogens (tertiary/aromatic N) is 3. The number of nitriles is 1. The zero-order valence-corrected chi connectivity index (χ0v) is 17.7. The van der Waals surface area contributed by atoms with Crippen molar-refractivity contribution in [1.82, 2.24) is 20.2 Å². The largest absolute Gasteiger partial charge is 0.348 e. The first-order valence-electron chi connectivity index (χ1n) is 10.5. The van der Waals surface area contributed by atoms with Gasteiger partial charge >= 0.3 is 0 Å². The van der Waals surface area contributed by atoms with Crippen LogP contribution >= 0.6 is 0 Å². The maximum Gasteiger partial charge on any atom is 0.271 e. The molecule has 2 aliphatic rings. The van der Waals surface area contributed by atoms with Crippen LogP contribution in [0, 0.1) is 34.4 Å². The maximum atomic E-state index is 14.1. The Balaban J connectivity index is 1.43. The highest BCUT2D eigenvalue weighted by Gasteiger charge is 2.69. The number of para-hydroxylation sites is 1. The summed E-state index contributed by atoms with van der Waals surface area (Å²) in [6.07, 6.45) is 3.13. The highest BCUT2D eigenvalue weighted by molar-refractivity contribution is 6.01. The van der Waals surface area contributed by atoms with E-state index in [0.29, 0.717) is 17.5 Å². The van der Waals surface area contributed by atoms with Gasteiger partial charge in [0.2, 0.25) is 5.91 Å². The van der Waals surface area contributed by atoms with E-state index in [4.69, 9.17) is 0 Å². The van der Waals surface area contributed by atoms with E-state index in [-0.39, 0.29) is 40.3 Å². The van der Waals surface area contributed by atoms with Crippen molar-refractivity contribution in [3.05, 3.63) is 65.9 Å². The molecule has 7 nitrogen and oxygen atoms in total. The average molecular weight is 431 g/mol. The lowest BCUT2D eigenvalue weighted by molar-refractivity contribution is -0.126. The smallest absolute Gasteiger partial charge is 0.271 e. The molecule has 2 N–H and O–H groups in total. The lowest BCUT2D eigenvalue weighted by Crippen LogP contribution is -2.50. The number of hydrogen-bond acceptors (Lipinski definition) is 4. The van der Waals surface area contributed by atoms with Crippen molar-refractivity contribution >= 4 is 22.7 Å². The summed E-state index contributed by atoms with van der Waals surface area (Å²) < 4.78 is 14.1. The Morgan fingerprint density at radius 3 is 2.84 bits per heavy atom. The number of fused-ring (bicyclic) bond motifs is 2. The molecular weight excluding hydrogens is 409 g/mol. The summed E-state index contributed by atoms with van der Waals surface area (Å²) in [4.78, 5) is 35.1. The fourth-order valence-electron chi connectivity index (χ4n) is 5.15. The lowest BCUT2D eigenvalue weighted by atomic mass is 9.99. The second-order valence-corrected chi connectivity index (χ2v) is 9.10. The van der Waals surface area contributed by atoms with Crippen molar-refractivity contribution in [1.29, 1.82) is 5.26 Å². The Hall–Kier alpha value is -3.73. The summed E-state index contributed by atoms with van der Waals surface area (Å²) in [6.45, 7) is 4.62. The van der Waals surface area contributed by atoms with Crippen molar-refractivity contribution in [3.8, 4) is 6.07 Å². The molecule has 4 unspecified atom stereocenters.